The smallest absolute Gasteiger partial charge is 0.0297 e. The van der Waals surface area contributed by atoms with Crippen LogP contribution >= 0.6 is 11.3 Å². The molecule has 1 heterocycles. The van der Waals surface area contributed by atoms with E-state index in [9.17, 15) is 0 Å². The maximum Gasteiger partial charge on any atom is 0.0297 e. The minimum absolute atomic E-state index is 0.393. The van der Waals surface area contributed by atoms with E-state index in [1.807, 2.05) is 0 Å². The van der Waals surface area contributed by atoms with Gasteiger partial charge in [0.25, 0.3) is 0 Å². The summed E-state index contributed by atoms with van der Waals surface area (Å²) in [4.78, 5) is 0. The van der Waals surface area contributed by atoms with Gasteiger partial charge >= 0.3 is 0 Å². The van der Waals surface area contributed by atoms with Crippen LogP contribution in [-0.2, 0) is 6.54 Å². The lowest BCUT2D eigenvalue weighted by atomic mass is 10.00. The highest BCUT2D eigenvalue weighted by atomic mass is 32.1. The third-order valence-corrected chi connectivity index (χ3v) is 4.37. The van der Waals surface area contributed by atoms with Gasteiger partial charge in [0.2, 0.25) is 0 Å². The molecule has 0 bridgehead atoms. The van der Waals surface area contributed by atoms with Gasteiger partial charge in [0.1, 0.15) is 0 Å². The standard InChI is InChI=1S/C16H21NS/c1-11-5-6-12(2)16(7-11)14(4)17-8-15-10-18-9-13(15)3/h5-7,9-10,14,17H,8H2,1-4H3. The zero-order valence-corrected chi connectivity index (χ0v) is 12.4. The summed E-state index contributed by atoms with van der Waals surface area (Å²) in [5.41, 5.74) is 6.90. The third kappa shape index (κ3) is 3.01. The zero-order valence-electron chi connectivity index (χ0n) is 11.6. The molecule has 0 saturated heterocycles. The molecule has 1 nitrogen and oxygen atoms in total. The van der Waals surface area contributed by atoms with Crippen LogP contribution < -0.4 is 5.32 Å². The minimum atomic E-state index is 0.393. The Morgan fingerprint density at radius 2 is 1.89 bits per heavy atom. The van der Waals surface area contributed by atoms with E-state index < -0.39 is 0 Å². The number of benzene rings is 1. The summed E-state index contributed by atoms with van der Waals surface area (Å²) in [5.74, 6) is 0. The van der Waals surface area contributed by atoms with E-state index in [0.29, 0.717) is 6.04 Å². The van der Waals surface area contributed by atoms with Crippen LogP contribution in [0.4, 0.5) is 0 Å². The lowest BCUT2D eigenvalue weighted by Gasteiger charge is -2.17. The van der Waals surface area contributed by atoms with Crippen molar-refractivity contribution in [2.24, 2.45) is 0 Å². The van der Waals surface area contributed by atoms with Crippen molar-refractivity contribution in [2.45, 2.75) is 40.3 Å². The van der Waals surface area contributed by atoms with Crippen molar-refractivity contribution in [1.29, 1.82) is 0 Å². The molecule has 96 valence electrons. The molecule has 1 N–H and O–H groups in total. The van der Waals surface area contributed by atoms with Gasteiger partial charge in [-0.05, 0) is 60.7 Å². The Morgan fingerprint density at radius 3 is 2.56 bits per heavy atom. The molecule has 0 fully saturated rings. The topological polar surface area (TPSA) is 12.0 Å². The molecular weight excluding hydrogens is 238 g/mol. The molecule has 0 saturated carbocycles. The van der Waals surface area contributed by atoms with Crippen LogP contribution in [0.1, 0.15) is 40.8 Å². The van der Waals surface area contributed by atoms with Crippen LogP contribution in [0.3, 0.4) is 0 Å². The molecule has 1 aromatic heterocycles. The average Bonchev–Trinajstić information content (AvgIpc) is 2.75. The highest BCUT2D eigenvalue weighted by Crippen LogP contribution is 2.20. The summed E-state index contributed by atoms with van der Waals surface area (Å²) in [6.07, 6.45) is 0. The van der Waals surface area contributed by atoms with Crippen LogP contribution in [0, 0.1) is 20.8 Å². The van der Waals surface area contributed by atoms with Crippen LogP contribution in [-0.4, -0.2) is 0 Å². The van der Waals surface area contributed by atoms with Gasteiger partial charge in [-0.25, -0.2) is 0 Å². The molecular formula is C16H21NS. The molecule has 2 aromatic rings. The summed E-state index contributed by atoms with van der Waals surface area (Å²) in [6.45, 7) is 9.70. The Balaban J connectivity index is 2.06. The maximum atomic E-state index is 3.62. The summed E-state index contributed by atoms with van der Waals surface area (Å²) in [7, 11) is 0. The van der Waals surface area contributed by atoms with E-state index >= 15 is 0 Å². The van der Waals surface area contributed by atoms with Crippen LogP contribution in [0.15, 0.2) is 29.0 Å². The van der Waals surface area contributed by atoms with Crippen molar-refractivity contribution in [2.75, 3.05) is 0 Å². The molecule has 0 radical (unpaired) electrons. The Hall–Kier alpha value is -1.12. The Kier molecular flexibility index (Phi) is 4.20. The first-order valence-electron chi connectivity index (χ1n) is 6.40. The van der Waals surface area contributed by atoms with Gasteiger partial charge in [0, 0.05) is 12.6 Å². The van der Waals surface area contributed by atoms with E-state index in [2.05, 4.69) is 62.0 Å². The minimum Gasteiger partial charge on any atom is -0.306 e. The molecule has 0 spiro atoms. The highest BCUT2D eigenvalue weighted by Gasteiger charge is 2.09. The van der Waals surface area contributed by atoms with Crippen molar-refractivity contribution < 1.29 is 0 Å². The van der Waals surface area contributed by atoms with Crippen LogP contribution in [0.2, 0.25) is 0 Å². The number of rotatable bonds is 4. The van der Waals surface area contributed by atoms with Crippen molar-refractivity contribution in [3.63, 3.8) is 0 Å². The lowest BCUT2D eigenvalue weighted by molar-refractivity contribution is 0.571. The van der Waals surface area contributed by atoms with E-state index in [4.69, 9.17) is 0 Å². The summed E-state index contributed by atoms with van der Waals surface area (Å²) < 4.78 is 0. The van der Waals surface area contributed by atoms with Crippen LogP contribution in [0.25, 0.3) is 0 Å². The monoisotopic (exact) mass is 259 g/mol. The number of hydrogen-bond acceptors (Lipinski definition) is 2. The third-order valence-electron chi connectivity index (χ3n) is 3.46. The second kappa shape index (κ2) is 5.68. The first-order chi connectivity index (χ1) is 8.58. The molecule has 0 amide bonds. The normalized spacial score (nSPS) is 12.7. The molecule has 0 aliphatic rings. The van der Waals surface area contributed by atoms with Crippen molar-refractivity contribution in [3.8, 4) is 0 Å². The molecule has 18 heavy (non-hydrogen) atoms. The van der Waals surface area contributed by atoms with Gasteiger partial charge in [-0.1, -0.05) is 23.8 Å². The molecule has 1 unspecified atom stereocenters. The fourth-order valence-electron chi connectivity index (χ4n) is 2.17. The molecule has 2 rings (SSSR count). The highest BCUT2D eigenvalue weighted by molar-refractivity contribution is 7.08. The molecule has 2 heteroatoms. The first-order valence-corrected chi connectivity index (χ1v) is 7.34. The van der Waals surface area contributed by atoms with Crippen molar-refractivity contribution >= 4 is 11.3 Å². The summed E-state index contributed by atoms with van der Waals surface area (Å²) >= 11 is 1.78. The average molecular weight is 259 g/mol. The lowest BCUT2D eigenvalue weighted by Crippen LogP contribution is -2.19. The second-order valence-corrected chi connectivity index (χ2v) is 5.79. The SMILES string of the molecule is Cc1ccc(C)c(C(C)NCc2cscc2C)c1. The Morgan fingerprint density at radius 1 is 1.11 bits per heavy atom. The molecule has 1 aromatic carbocycles. The van der Waals surface area contributed by atoms with Gasteiger partial charge in [-0.2, -0.15) is 11.3 Å². The van der Waals surface area contributed by atoms with Crippen LogP contribution in [0.5, 0.6) is 0 Å². The van der Waals surface area contributed by atoms with Gasteiger partial charge in [0.05, 0.1) is 0 Å². The Bertz CT molecular complexity index is 528. The molecule has 1 atom stereocenters. The predicted octanol–water partition coefficient (Wildman–Crippen LogP) is 4.52. The largest absolute Gasteiger partial charge is 0.306 e. The van der Waals surface area contributed by atoms with E-state index in [-0.39, 0.29) is 0 Å². The fraction of sp³-hybridized carbons (Fsp3) is 0.375. The zero-order chi connectivity index (χ0) is 13.1. The summed E-state index contributed by atoms with van der Waals surface area (Å²) in [5, 5.41) is 8.06. The number of aryl methyl sites for hydroxylation is 3. The molecule has 0 aliphatic carbocycles. The van der Waals surface area contributed by atoms with Crippen molar-refractivity contribution in [3.05, 3.63) is 56.8 Å². The first kappa shape index (κ1) is 13.3. The van der Waals surface area contributed by atoms with E-state index in [1.165, 1.54) is 27.8 Å². The fourth-order valence-corrected chi connectivity index (χ4v) is 3.02. The maximum absolute atomic E-state index is 3.62. The van der Waals surface area contributed by atoms with E-state index in [1.54, 1.807) is 11.3 Å². The number of thiophene rings is 1. The van der Waals surface area contributed by atoms with Gasteiger partial charge in [-0.3, -0.25) is 0 Å². The van der Waals surface area contributed by atoms with Gasteiger partial charge < -0.3 is 5.32 Å². The second-order valence-electron chi connectivity index (χ2n) is 5.04. The predicted molar refractivity (Wildman–Crippen MR) is 80.2 cm³/mol. The van der Waals surface area contributed by atoms with E-state index in [0.717, 1.165) is 6.54 Å². The summed E-state index contributed by atoms with van der Waals surface area (Å²) in [6, 6.07) is 7.06. The van der Waals surface area contributed by atoms with Gasteiger partial charge in [-0.15, -0.1) is 0 Å². The van der Waals surface area contributed by atoms with Crippen molar-refractivity contribution in [1.82, 2.24) is 5.32 Å². The molecule has 0 aliphatic heterocycles. The van der Waals surface area contributed by atoms with Gasteiger partial charge in [0.15, 0.2) is 0 Å². The number of hydrogen-bond donors (Lipinski definition) is 1. The number of nitrogens with one attached hydrogen (secondary N) is 1. The Labute approximate surface area is 114 Å². The quantitative estimate of drug-likeness (QED) is 0.851.